The number of nitrogens with one attached hydrogen (secondary N) is 2. The Labute approximate surface area is 151 Å². The molecule has 0 radical (unpaired) electrons. The van der Waals surface area contributed by atoms with Gasteiger partial charge in [0.05, 0.1) is 0 Å². The van der Waals surface area contributed by atoms with E-state index in [-0.39, 0.29) is 5.41 Å². The van der Waals surface area contributed by atoms with Crippen molar-refractivity contribution in [2.45, 2.75) is 26.2 Å². The highest BCUT2D eigenvalue weighted by Crippen LogP contribution is 2.24. The summed E-state index contributed by atoms with van der Waals surface area (Å²) < 4.78 is 0. The molecule has 2 N–H and O–H groups in total. The Morgan fingerprint density at radius 1 is 0.792 bits per heavy atom. The maximum absolute atomic E-state index is 12.0. The van der Waals surface area contributed by atoms with Gasteiger partial charge in [-0.3, -0.25) is 9.59 Å². The predicted molar refractivity (Wildman–Crippen MR) is 98.9 cm³/mol. The van der Waals surface area contributed by atoms with Gasteiger partial charge in [-0.1, -0.05) is 56.1 Å². The molecular weight excluding hydrogens is 347 g/mol. The number of hydrogen-bond donors (Lipinski definition) is 2. The number of carbonyl (C=O) groups is 2. The van der Waals surface area contributed by atoms with E-state index < -0.39 is 11.8 Å². The summed E-state index contributed by atoms with van der Waals surface area (Å²) >= 11 is 11.7. The van der Waals surface area contributed by atoms with Gasteiger partial charge in [-0.2, -0.15) is 0 Å². The van der Waals surface area contributed by atoms with Crippen molar-refractivity contribution in [2.24, 2.45) is 0 Å². The van der Waals surface area contributed by atoms with Gasteiger partial charge in [0.15, 0.2) is 0 Å². The molecule has 0 fully saturated rings. The molecule has 0 aromatic heterocycles. The Morgan fingerprint density at radius 2 is 1.25 bits per heavy atom. The molecule has 2 aromatic carbocycles. The second kappa shape index (κ2) is 7.24. The van der Waals surface area contributed by atoms with Crippen LogP contribution in [0.1, 0.15) is 26.3 Å². The third-order valence-corrected chi connectivity index (χ3v) is 3.77. The highest BCUT2D eigenvalue weighted by molar-refractivity contribution is 6.44. The largest absolute Gasteiger partial charge is 0.318 e. The van der Waals surface area contributed by atoms with Gasteiger partial charge in [0.1, 0.15) is 0 Å². The molecule has 0 aliphatic heterocycles. The maximum atomic E-state index is 12.0. The summed E-state index contributed by atoms with van der Waals surface area (Å²) in [6.45, 7) is 6.30. The molecule has 126 valence electrons. The molecule has 0 bridgehead atoms. The van der Waals surface area contributed by atoms with Gasteiger partial charge in [-0.15, -0.1) is 0 Å². The molecule has 2 rings (SSSR count). The van der Waals surface area contributed by atoms with Crippen LogP contribution >= 0.6 is 23.2 Å². The Morgan fingerprint density at radius 3 is 1.71 bits per heavy atom. The Bertz CT molecular complexity index is 745. The average Bonchev–Trinajstić information content (AvgIpc) is 2.45. The number of rotatable bonds is 2. The lowest BCUT2D eigenvalue weighted by Gasteiger charge is -2.19. The summed E-state index contributed by atoms with van der Waals surface area (Å²) in [5, 5.41) is 5.75. The van der Waals surface area contributed by atoms with Crippen molar-refractivity contribution in [3.05, 3.63) is 58.1 Å². The van der Waals surface area contributed by atoms with Crippen LogP contribution in [-0.4, -0.2) is 11.8 Å². The van der Waals surface area contributed by atoms with Gasteiger partial charge >= 0.3 is 11.8 Å². The maximum Gasteiger partial charge on any atom is 0.314 e. The highest BCUT2D eigenvalue weighted by Gasteiger charge is 2.16. The fourth-order valence-electron chi connectivity index (χ4n) is 2.06. The van der Waals surface area contributed by atoms with Crippen LogP contribution in [0.4, 0.5) is 11.4 Å². The number of hydrogen-bond acceptors (Lipinski definition) is 2. The minimum atomic E-state index is -0.798. The van der Waals surface area contributed by atoms with Crippen LogP contribution in [0.15, 0.2) is 42.5 Å². The van der Waals surface area contributed by atoms with Gasteiger partial charge in [0.2, 0.25) is 0 Å². The summed E-state index contributed by atoms with van der Waals surface area (Å²) in [6.07, 6.45) is 0. The molecular formula is C18H18Cl2N2O2. The predicted octanol–water partition coefficient (Wildman–Crippen LogP) is 4.87. The van der Waals surface area contributed by atoms with Crippen molar-refractivity contribution < 1.29 is 9.59 Å². The summed E-state index contributed by atoms with van der Waals surface area (Å²) in [6, 6.07) is 11.9. The minimum absolute atomic E-state index is 0.0196. The van der Waals surface area contributed by atoms with E-state index in [1.54, 1.807) is 12.1 Å². The van der Waals surface area contributed by atoms with E-state index >= 15 is 0 Å². The minimum Gasteiger partial charge on any atom is -0.318 e. The van der Waals surface area contributed by atoms with Gasteiger partial charge < -0.3 is 10.6 Å². The summed E-state index contributed by atoms with van der Waals surface area (Å²) in [5.41, 5.74) is 2.06. The van der Waals surface area contributed by atoms with Crippen LogP contribution in [0.25, 0.3) is 0 Å². The first-order valence-electron chi connectivity index (χ1n) is 7.34. The summed E-state index contributed by atoms with van der Waals surface area (Å²) in [5.74, 6) is -1.57. The molecule has 0 unspecified atom stereocenters. The van der Waals surface area contributed by atoms with Crippen LogP contribution in [-0.2, 0) is 15.0 Å². The molecule has 0 spiro atoms. The number of anilines is 2. The fourth-order valence-corrected chi connectivity index (χ4v) is 2.58. The monoisotopic (exact) mass is 364 g/mol. The number of benzene rings is 2. The van der Waals surface area contributed by atoms with Gasteiger partial charge in [-0.05, 0) is 41.3 Å². The van der Waals surface area contributed by atoms with Gasteiger partial charge in [0, 0.05) is 21.4 Å². The van der Waals surface area contributed by atoms with Crippen LogP contribution in [0.5, 0.6) is 0 Å². The quantitative estimate of drug-likeness (QED) is 0.746. The molecule has 0 saturated carbocycles. The smallest absolute Gasteiger partial charge is 0.314 e. The summed E-state index contributed by atoms with van der Waals surface area (Å²) in [7, 11) is 0. The highest BCUT2D eigenvalue weighted by atomic mass is 35.5. The van der Waals surface area contributed by atoms with Crippen molar-refractivity contribution in [3.8, 4) is 0 Å². The third-order valence-electron chi connectivity index (χ3n) is 3.34. The second-order valence-electron chi connectivity index (χ2n) is 6.39. The zero-order chi connectivity index (χ0) is 17.9. The SMILES string of the molecule is CC(C)(C)c1ccc(NC(=O)C(=O)Nc2cc(Cl)cc(Cl)c2)cc1. The van der Waals surface area contributed by atoms with Gasteiger partial charge in [-0.25, -0.2) is 0 Å². The van der Waals surface area contributed by atoms with Crippen molar-refractivity contribution >= 4 is 46.4 Å². The van der Waals surface area contributed by atoms with E-state index in [1.807, 2.05) is 12.1 Å². The normalized spacial score (nSPS) is 11.0. The third kappa shape index (κ3) is 4.98. The lowest BCUT2D eigenvalue weighted by atomic mass is 9.87. The number of carbonyl (C=O) groups excluding carboxylic acids is 2. The lowest BCUT2D eigenvalue weighted by Crippen LogP contribution is -2.29. The average molecular weight is 365 g/mol. The van der Waals surface area contributed by atoms with E-state index in [4.69, 9.17) is 23.2 Å². The first-order valence-corrected chi connectivity index (χ1v) is 8.10. The van der Waals surface area contributed by atoms with E-state index in [0.717, 1.165) is 5.56 Å². The van der Waals surface area contributed by atoms with Crippen LogP contribution < -0.4 is 10.6 Å². The van der Waals surface area contributed by atoms with Crippen molar-refractivity contribution in [1.82, 2.24) is 0 Å². The lowest BCUT2D eigenvalue weighted by molar-refractivity contribution is -0.132. The molecule has 2 aromatic rings. The van der Waals surface area contributed by atoms with E-state index in [2.05, 4.69) is 31.4 Å². The van der Waals surface area contributed by atoms with Crippen molar-refractivity contribution in [2.75, 3.05) is 10.6 Å². The Hall–Kier alpha value is -2.04. The van der Waals surface area contributed by atoms with Crippen LogP contribution in [0, 0.1) is 0 Å². The zero-order valence-corrected chi connectivity index (χ0v) is 15.1. The van der Waals surface area contributed by atoms with Crippen LogP contribution in [0.2, 0.25) is 10.0 Å². The molecule has 24 heavy (non-hydrogen) atoms. The molecule has 4 nitrogen and oxygen atoms in total. The van der Waals surface area contributed by atoms with E-state index in [0.29, 0.717) is 21.4 Å². The van der Waals surface area contributed by atoms with Crippen molar-refractivity contribution in [3.63, 3.8) is 0 Å². The fraction of sp³-hybridized carbons (Fsp3) is 0.222. The molecule has 6 heteroatoms. The molecule has 2 amide bonds. The Balaban J connectivity index is 2.02. The van der Waals surface area contributed by atoms with E-state index in [9.17, 15) is 9.59 Å². The molecule has 0 saturated heterocycles. The summed E-state index contributed by atoms with van der Waals surface area (Å²) in [4.78, 5) is 23.9. The number of halogens is 2. The molecule has 0 heterocycles. The molecule has 0 atom stereocenters. The Kier molecular flexibility index (Phi) is 5.52. The topological polar surface area (TPSA) is 58.2 Å². The van der Waals surface area contributed by atoms with Crippen LogP contribution in [0.3, 0.4) is 0 Å². The number of amides is 2. The van der Waals surface area contributed by atoms with Gasteiger partial charge in [0.25, 0.3) is 0 Å². The first-order chi connectivity index (χ1) is 11.1. The van der Waals surface area contributed by atoms with Crippen molar-refractivity contribution in [1.29, 1.82) is 0 Å². The first kappa shape index (κ1) is 18.3. The van der Waals surface area contributed by atoms with E-state index in [1.165, 1.54) is 18.2 Å². The zero-order valence-electron chi connectivity index (χ0n) is 13.6. The molecule has 0 aliphatic carbocycles. The standard InChI is InChI=1S/C18H18Cl2N2O2/c1-18(2,3)11-4-6-14(7-5-11)21-16(23)17(24)22-15-9-12(19)8-13(20)10-15/h4-10H,1-3H3,(H,21,23)(H,22,24). The molecule has 0 aliphatic rings. The second-order valence-corrected chi connectivity index (χ2v) is 7.27.